The van der Waals surface area contributed by atoms with Crippen LogP contribution in [0.2, 0.25) is 0 Å². The molecular weight excluding hydrogens is 360 g/mol. The molecule has 2 heterocycles. The van der Waals surface area contributed by atoms with Gasteiger partial charge in [0.2, 0.25) is 0 Å². The Bertz CT molecular complexity index is 983. The van der Waals surface area contributed by atoms with Gasteiger partial charge in [0.05, 0.1) is 11.1 Å². The molecule has 1 aromatic carbocycles. The van der Waals surface area contributed by atoms with Crippen LogP contribution in [-0.2, 0) is 0 Å². The highest BCUT2D eigenvalue weighted by Gasteiger charge is 2.07. The zero-order chi connectivity index (χ0) is 18.5. The van der Waals surface area contributed by atoms with Crippen molar-refractivity contribution in [2.45, 2.75) is 13.8 Å². The van der Waals surface area contributed by atoms with Crippen LogP contribution in [-0.4, -0.2) is 9.97 Å². The van der Waals surface area contributed by atoms with E-state index < -0.39 is 0 Å². The molecule has 6 heteroatoms. The molecule has 3 aromatic rings. The summed E-state index contributed by atoms with van der Waals surface area (Å²) in [6.07, 6.45) is 3.64. The van der Waals surface area contributed by atoms with Crippen molar-refractivity contribution in [3.05, 3.63) is 67.6 Å². The van der Waals surface area contributed by atoms with Crippen molar-refractivity contribution in [2.75, 3.05) is 0 Å². The zero-order valence-corrected chi connectivity index (χ0v) is 15.9. The van der Waals surface area contributed by atoms with Gasteiger partial charge in [-0.1, -0.05) is 24.3 Å². The highest BCUT2D eigenvalue weighted by Crippen LogP contribution is 2.23. The molecule has 126 valence electrons. The smallest absolute Gasteiger partial charge is 0.134 e. The fourth-order valence-electron chi connectivity index (χ4n) is 2.26. The molecule has 0 unspecified atom stereocenters. The average molecular weight is 374 g/mol. The molecule has 0 aliphatic rings. The molecule has 0 aliphatic carbocycles. The summed E-state index contributed by atoms with van der Waals surface area (Å²) in [4.78, 5) is 8.72. The first-order chi connectivity index (χ1) is 12.6. The monoisotopic (exact) mass is 374 g/mol. The Balaban J connectivity index is 1.86. The van der Waals surface area contributed by atoms with Crippen molar-refractivity contribution >= 4 is 46.0 Å². The number of hydrogen-bond donors (Lipinski definition) is 0. The lowest BCUT2D eigenvalue weighted by Gasteiger charge is -1.99. The molecule has 2 aromatic heterocycles. The second-order valence-electron chi connectivity index (χ2n) is 5.59. The van der Waals surface area contributed by atoms with Crippen LogP contribution in [0.5, 0.6) is 0 Å². The van der Waals surface area contributed by atoms with E-state index >= 15 is 0 Å². The van der Waals surface area contributed by atoms with Crippen LogP contribution in [0.1, 0.15) is 32.5 Å². The van der Waals surface area contributed by atoms with Crippen molar-refractivity contribution < 1.29 is 0 Å². The zero-order valence-electron chi connectivity index (χ0n) is 14.2. The average Bonchev–Trinajstić information content (AvgIpc) is 3.27. The molecule has 3 rings (SSSR count). The van der Waals surface area contributed by atoms with Crippen LogP contribution in [0.15, 0.2) is 35.0 Å². The Labute approximate surface area is 160 Å². The van der Waals surface area contributed by atoms with E-state index in [0.717, 1.165) is 32.5 Å². The van der Waals surface area contributed by atoms with Crippen molar-refractivity contribution in [1.82, 2.24) is 9.97 Å². The number of aromatic nitrogens is 2. The van der Waals surface area contributed by atoms with Gasteiger partial charge in [-0.3, -0.25) is 0 Å². The van der Waals surface area contributed by atoms with E-state index in [4.69, 9.17) is 0 Å². The van der Waals surface area contributed by atoms with E-state index in [0.29, 0.717) is 11.1 Å². The first kappa shape index (κ1) is 17.8. The summed E-state index contributed by atoms with van der Waals surface area (Å²) in [6, 6.07) is 12.1. The van der Waals surface area contributed by atoms with Crippen LogP contribution in [0.4, 0.5) is 0 Å². The normalized spacial score (nSPS) is 11.8. The molecule has 0 bridgehead atoms. The minimum Gasteiger partial charge on any atom is -0.241 e. The molecule has 0 saturated carbocycles. The molecule has 0 fully saturated rings. The third kappa shape index (κ3) is 4.12. The van der Waals surface area contributed by atoms with Crippen LogP contribution in [0, 0.1) is 36.5 Å². The van der Waals surface area contributed by atoms with Gasteiger partial charge in [-0.2, -0.15) is 10.5 Å². The minimum atomic E-state index is 0.544. The molecule has 0 spiro atoms. The lowest BCUT2D eigenvalue weighted by atomic mass is 10.1. The van der Waals surface area contributed by atoms with Crippen molar-refractivity contribution in [3.63, 3.8) is 0 Å². The third-order valence-corrected chi connectivity index (χ3v) is 5.49. The Hall–Kier alpha value is -3.06. The van der Waals surface area contributed by atoms with Gasteiger partial charge in [-0.15, -0.1) is 22.7 Å². The highest BCUT2D eigenvalue weighted by molar-refractivity contribution is 7.11. The summed E-state index contributed by atoms with van der Waals surface area (Å²) in [7, 11) is 0. The predicted octanol–water partition coefficient (Wildman–Crippen LogP) is 5.34. The second kappa shape index (κ2) is 7.88. The van der Waals surface area contributed by atoms with E-state index in [1.54, 1.807) is 0 Å². The first-order valence-electron chi connectivity index (χ1n) is 7.77. The van der Waals surface area contributed by atoms with Crippen LogP contribution >= 0.6 is 22.7 Å². The molecule has 0 N–H and O–H groups in total. The molecule has 0 radical (unpaired) electrons. The van der Waals surface area contributed by atoms with E-state index in [1.165, 1.54) is 22.7 Å². The quantitative estimate of drug-likeness (QED) is 0.577. The maximum absolute atomic E-state index is 9.38. The number of benzene rings is 1. The maximum Gasteiger partial charge on any atom is 0.134 e. The summed E-state index contributed by atoms with van der Waals surface area (Å²) in [5.41, 5.74) is 4.73. The van der Waals surface area contributed by atoms with Gasteiger partial charge in [-0.25, -0.2) is 9.97 Å². The first-order valence-corrected chi connectivity index (χ1v) is 9.53. The molecule has 0 amide bonds. The Morgan fingerprint density at radius 3 is 1.46 bits per heavy atom. The molecule has 4 nitrogen and oxygen atoms in total. The standard InChI is InChI=1S/C20H14N4S2/c1-13-11-25-19(23-13)17(9-21)7-15-3-5-16(6-4-15)8-18(10-22)20-24-14(2)12-26-20/h3-8,11-12H,1-2H3/b17-7-,18-8+. The molecule has 0 aliphatic heterocycles. The van der Waals surface area contributed by atoms with E-state index in [1.807, 2.05) is 61.0 Å². The summed E-state index contributed by atoms with van der Waals surface area (Å²) in [5.74, 6) is 0. The van der Waals surface area contributed by atoms with Crippen molar-refractivity contribution in [2.24, 2.45) is 0 Å². The maximum atomic E-state index is 9.38. The van der Waals surface area contributed by atoms with E-state index in [-0.39, 0.29) is 0 Å². The Morgan fingerprint density at radius 1 is 0.808 bits per heavy atom. The van der Waals surface area contributed by atoms with Gasteiger partial charge in [0.1, 0.15) is 22.2 Å². The summed E-state index contributed by atoms with van der Waals surface area (Å²) in [5, 5.41) is 24.1. The SMILES string of the molecule is Cc1csc(/C(C#N)=C\c2ccc(/C=C(\C#N)c3nc(C)cs3)cc2)n1. The number of rotatable bonds is 4. The van der Waals surface area contributed by atoms with Crippen LogP contribution in [0.25, 0.3) is 23.3 Å². The number of allylic oxidation sites excluding steroid dienone is 2. The lowest BCUT2D eigenvalue weighted by molar-refractivity contribution is 1.24. The van der Waals surface area contributed by atoms with Crippen molar-refractivity contribution in [3.8, 4) is 12.1 Å². The summed E-state index contributed by atoms with van der Waals surface area (Å²) >= 11 is 2.92. The van der Waals surface area contributed by atoms with Gasteiger partial charge in [0, 0.05) is 22.1 Å². The molecule has 0 atom stereocenters. The minimum absolute atomic E-state index is 0.544. The molecule has 0 saturated heterocycles. The Kier molecular flexibility index (Phi) is 5.38. The van der Waals surface area contributed by atoms with E-state index in [9.17, 15) is 10.5 Å². The lowest BCUT2D eigenvalue weighted by Crippen LogP contribution is -1.83. The van der Waals surface area contributed by atoms with Gasteiger partial charge in [0.25, 0.3) is 0 Å². The number of thiazole rings is 2. The van der Waals surface area contributed by atoms with Gasteiger partial charge in [0.15, 0.2) is 0 Å². The third-order valence-electron chi connectivity index (χ3n) is 3.50. The number of aryl methyl sites for hydroxylation is 2. The van der Waals surface area contributed by atoms with Crippen molar-refractivity contribution in [1.29, 1.82) is 10.5 Å². The number of nitriles is 2. The second-order valence-corrected chi connectivity index (χ2v) is 7.31. The van der Waals surface area contributed by atoms with Gasteiger partial charge >= 0.3 is 0 Å². The van der Waals surface area contributed by atoms with Gasteiger partial charge in [-0.05, 0) is 37.1 Å². The highest BCUT2D eigenvalue weighted by atomic mass is 32.1. The number of hydrogen-bond acceptors (Lipinski definition) is 6. The summed E-state index contributed by atoms with van der Waals surface area (Å²) in [6.45, 7) is 3.82. The summed E-state index contributed by atoms with van der Waals surface area (Å²) < 4.78 is 0. The molecular formula is C20H14N4S2. The van der Waals surface area contributed by atoms with E-state index in [2.05, 4.69) is 22.1 Å². The topological polar surface area (TPSA) is 73.4 Å². The predicted molar refractivity (Wildman–Crippen MR) is 107 cm³/mol. The van der Waals surface area contributed by atoms with Crippen LogP contribution in [0.3, 0.4) is 0 Å². The molecule has 26 heavy (non-hydrogen) atoms. The fourth-order valence-corrected chi connectivity index (χ4v) is 3.79. The Morgan fingerprint density at radius 2 is 1.19 bits per heavy atom. The number of nitrogens with zero attached hydrogens (tertiary/aromatic N) is 4. The largest absolute Gasteiger partial charge is 0.241 e. The fraction of sp³-hybridized carbons (Fsp3) is 0.100. The van der Waals surface area contributed by atoms with Crippen LogP contribution < -0.4 is 0 Å². The van der Waals surface area contributed by atoms with Gasteiger partial charge < -0.3 is 0 Å².